The first-order valence-electron chi connectivity index (χ1n) is 3.19. The van der Waals surface area contributed by atoms with E-state index in [1.165, 1.54) is 0 Å². The molecule has 0 aliphatic carbocycles. The van der Waals surface area contributed by atoms with Gasteiger partial charge in [0, 0.05) is 6.54 Å². The Morgan fingerprint density at radius 1 is 1.62 bits per heavy atom. The lowest BCUT2D eigenvalue weighted by Crippen LogP contribution is -2.39. The number of hydrogen-bond donors (Lipinski definition) is 2. The number of piperidine rings is 1. The largest absolute Gasteiger partial charge is 0.392 e. The van der Waals surface area contributed by atoms with E-state index in [9.17, 15) is 0 Å². The molecular weight excluding hydrogens is 102 g/mol. The van der Waals surface area contributed by atoms with Gasteiger partial charge in [0.05, 0.1) is 6.10 Å². The molecule has 0 aromatic carbocycles. The molecule has 1 aliphatic heterocycles. The maximum atomic E-state index is 9.12. The van der Waals surface area contributed by atoms with Crippen molar-refractivity contribution in [2.45, 2.75) is 19.4 Å². The van der Waals surface area contributed by atoms with E-state index in [1.807, 2.05) is 0 Å². The van der Waals surface area contributed by atoms with Crippen LogP contribution < -0.4 is 5.32 Å². The number of aliphatic hydroxyl groups is 1. The molecule has 2 N–H and O–H groups in total. The van der Waals surface area contributed by atoms with Crippen LogP contribution in [0, 0.1) is 5.92 Å². The molecule has 1 fully saturated rings. The van der Waals surface area contributed by atoms with E-state index in [4.69, 9.17) is 5.11 Å². The van der Waals surface area contributed by atoms with Crippen LogP contribution in [0.15, 0.2) is 0 Å². The third-order valence-electron chi connectivity index (χ3n) is 1.79. The van der Waals surface area contributed by atoms with Gasteiger partial charge in [-0.1, -0.05) is 6.92 Å². The number of nitrogens with one attached hydrogen (secondary N) is 1. The average Bonchev–Trinajstić information content (AvgIpc) is 1.77. The first-order valence-corrected chi connectivity index (χ1v) is 3.19. The van der Waals surface area contributed by atoms with Crippen molar-refractivity contribution >= 4 is 0 Å². The highest BCUT2D eigenvalue weighted by Gasteiger charge is 2.16. The molecule has 0 amide bonds. The van der Waals surface area contributed by atoms with E-state index in [-0.39, 0.29) is 6.10 Å². The molecule has 0 aromatic rings. The molecule has 0 bridgehead atoms. The standard InChI is InChI=1S/C6H13NO/c1-5-2-3-7-4-6(5)8/h5-8H,2-4H2,1H3/t5?,6-/m0/s1. The second-order valence-corrected chi connectivity index (χ2v) is 2.54. The molecule has 1 saturated heterocycles. The van der Waals surface area contributed by atoms with E-state index >= 15 is 0 Å². The Morgan fingerprint density at radius 3 is 2.75 bits per heavy atom. The van der Waals surface area contributed by atoms with E-state index < -0.39 is 0 Å². The van der Waals surface area contributed by atoms with E-state index in [0.717, 1.165) is 19.5 Å². The highest BCUT2D eigenvalue weighted by atomic mass is 16.3. The zero-order chi connectivity index (χ0) is 5.98. The Labute approximate surface area is 49.9 Å². The SMILES string of the molecule is CC1CCNC[C@@H]1O. The van der Waals surface area contributed by atoms with Crippen molar-refractivity contribution in [1.29, 1.82) is 0 Å². The van der Waals surface area contributed by atoms with Crippen molar-refractivity contribution < 1.29 is 5.11 Å². The fourth-order valence-electron chi connectivity index (χ4n) is 0.973. The first kappa shape index (κ1) is 6.05. The van der Waals surface area contributed by atoms with Gasteiger partial charge in [-0.25, -0.2) is 0 Å². The molecule has 0 saturated carbocycles. The van der Waals surface area contributed by atoms with Crippen molar-refractivity contribution in [3.8, 4) is 0 Å². The van der Waals surface area contributed by atoms with Crippen molar-refractivity contribution in [3.05, 3.63) is 0 Å². The van der Waals surface area contributed by atoms with Crippen LogP contribution in [0.3, 0.4) is 0 Å². The fourth-order valence-corrected chi connectivity index (χ4v) is 0.973. The topological polar surface area (TPSA) is 32.3 Å². The maximum absolute atomic E-state index is 9.12. The zero-order valence-corrected chi connectivity index (χ0v) is 5.22. The lowest BCUT2D eigenvalue weighted by Gasteiger charge is -2.24. The summed E-state index contributed by atoms with van der Waals surface area (Å²) in [4.78, 5) is 0. The minimum atomic E-state index is -0.108. The predicted molar refractivity (Wildman–Crippen MR) is 32.7 cm³/mol. The maximum Gasteiger partial charge on any atom is 0.0690 e. The summed E-state index contributed by atoms with van der Waals surface area (Å²) in [7, 11) is 0. The lowest BCUT2D eigenvalue weighted by atomic mass is 9.98. The van der Waals surface area contributed by atoms with E-state index in [0.29, 0.717) is 5.92 Å². The van der Waals surface area contributed by atoms with E-state index in [2.05, 4.69) is 12.2 Å². The molecule has 2 atom stereocenters. The van der Waals surface area contributed by atoms with Crippen molar-refractivity contribution in [2.24, 2.45) is 5.92 Å². The van der Waals surface area contributed by atoms with Gasteiger partial charge in [-0.3, -0.25) is 0 Å². The van der Waals surface area contributed by atoms with Crippen LogP contribution in [-0.2, 0) is 0 Å². The van der Waals surface area contributed by atoms with Crippen molar-refractivity contribution in [2.75, 3.05) is 13.1 Å². The van der Waals surface area contributed by atoms with Crippen molar-refractivity contribution in [3.63, 3.8) is 0 Å². The predicted octanol–water partition coefficient (Wildman–Crippen LogP) is -0.0233. The van der Waals surface area contributed by atoms with Crippen molar-refractivity contribution in [1.82, 2.24) is 5.32 Å². The fraction of sp³-hybridized carbons (Fsp3) is 1.00. The molecule has 48 valence electrons. The summed E-state index contributed by atoms with van der Waals surface area (Å²) in [6.07, 6.45) is 1.00. The summed E-state index contributed by atoms with van der Waals surface area (Å²) in [6, 6.07) is 0. The number of rotatable bonds is 0. The van der Waals surface area contributed by atoms with Gasteiger partial charge < -0.3 is 10.4 Å². The van der Waals surface area contributed by atoms with Crippen LogP contribution in [0.2, 0.25) is 0 Å². The minimum absolute atomic E-state index is 0.108. The first-order chi connectivity index (χ1) is 3.80. The molecule has 1 unspecified atom stereocenters. The Hall–Kier alpha value is -0.0800. The van der Waals surface area contributed by atoms with Crippen LogP contribution >= 0.6 is 0 Å². The molecule has 2 nitrogen and oxygen atoms in total. The monoisotopic (exact) mass is 115 g/mol. The molecule has 1 aliphatic rings. The third-order valence-corrected chi connectivity index (χ3v) is 1.79. The number of β-amino-alcohol motifs (C(OH)–C–C–N with tert-alkyl or cyclic N) is 1. The van der Waals surface area contributed by atoms with Crippen LogP contribution in [0.25, 0.3) is 0 Å². The molecule has 2 heteroatoms. The Balaban J connectivity index is 2.28. The summed E-state index contributed by atoms with van der Waals surface area (Å²) >= 11 is 0. The van der Waals surface area contributed by atoms with Gasteiger partial charge >= 0.3 is 0 Å². The number of hydrogen-bond acceptors (Lipinski definition) is 2. The molecule has 8 heavy (non-hydrogen) atoms. The Kier molecular flexibility index (Phi) is 1.86. The number of aliphatic hydroxyl groups excluding tert-OH is 1. The van der Waals surface area contributed by atoms with Crippen LogP contribution in [0.1, 0.15) is 13.3 Å². The second kappa shape index (κ2) is 2.46. The highest BCUT2D eigenvalue weighted by Crippen LogP contribution is 2.09. The smallest absolute Gasteiger partial charge is 0.0690 e. The third kappa shape index (κ3) is 1.20. The molecule has 0 radical (unpaired) electrons. The van der Waals surface area contributed by atoms with Gasteiger partial charge in [-0.2, -0.15) is 0 Å². The lowest BCUT2D eigenvalue weighted by molar-refractivity contribution is 0.0915. The molecule has 1 rings (SSSR count). The molecule has 0 aromatic heterocycles. The average molecular weight is 115 g/mol. The normalized spacial score (nSPS) is 39.8. The minimum Gasteiger partial charge on any atom is -0.392 e. The van der Waals surface area contributed by atoms with Gasteiger partial charge in [0.1, 0.15) is 0 Å². The highest BCUT2D eigenvalue weighted by molar-refractivity contribution is 4.72. The Morgan fingerprint density at radius 2 is 2.38 bits per heavy atom. The quantitative estimate of drug-likeness (QED) is 0.465. The van der Waals surface area contributed by atoms with Crippen LogP contribution in [-0.4, -0.2) is 24.3 Å². The summed E-state index contributed by atoms with van der Waals surface area (Å²) in [5.74, 6) is 0.497. The van der Waals surface area contributed by atoms with Gasteiger partial charge in [0.2, 0.25) is 0 Å². The van der Waals surface area contributed by atoms with E-state index in [1.54, 1.807) is 0 Å². The summed E-state index contributed by atoms with van der Waals surface area (Å²) < 4.78 is 0. The van der Waals surface area contributed by atoms with Gasteiger partial charge in [-0.05, 0) is 18.9 Å². The molecule has 1 heterocycles. The van der Waals surface area contributed by atoms with Crippen LogP contribution in [0.5, 0.6) is 0 Å². The van der Waals surface area contributed by atoms with Gasteiger partial charge in [-0.15, -0.1) is 0 Å². The summed E-state index contributed by atoms with van der Waals surface area (Å²) in [5, 5.41) is 12.2. The Bertz CT molecular complexity index is 64.9. The van der Waals surface area contributed by atoms with Crippen LogP contribution in [0.4, 0.5) is 0 Å². The molecule has 0 spiro atoms. The molecular formula is C6H13NO. The second-order valence-electron chi connectivity index (χ2n) is 2.54. The zero-order valence-electron chi connectivity index (χ0n) is 5.22. The van der Waals surface area contributed by atoms with Gasteiger partial charge in [0.15, 0.2) is 0 Å². The summed E-state index contributed by atoms with van der Waals surface area (Å²) in [5.41, 5.74) is 0. The van der Waals surface area contributed by atoms with Gasteiger partial charge in [0.25, 0.3) is 0 Å². The summed E-state index contributed by atoms with van der Waals surface area (Å²) in [6.45, 7) is 3.94.